The molecule has 0 spiro atoms. The molecule has 3 aromatic rings. The van der Waals surface area contributed by atoms with Gasteiger partial charge in [0.2, 0.25) is 0 Å². The van der Waals surface area contributed by atoms with Crippen molar-refractivity contribution in [2.75, 3.05) is 12.4 Å². The molecule has 7 nitrogen and oxygen atoms in total. The largest absolute Gasteiger partial charge is 0.465 e. The minimum Gasteiger partial charge on any atom is -0.465 e. The SMILES string of the molecule is COC(=O)c1ccc(NC(=O)c2cc(C)nc3c2c(C)nn3C)cc1. The highest BCUT2D eigenvalue weighted by atomic mass is 16.5. The Morgan fingerprint density at radius 2 is 1.84 bits per heavy atom. The van der Waals surface area contributed by atoms with Crippen molar-refractivity contribution >= 4 is 28.6 Å². The number of nitrogens with one attached hydrogen (secondary N) is 1. The third-order valence-electron chi connectivity index (χ3n) is 3.91. The first kappa shape index (κ1) is 16.6. The van der Waals surface area contributed by atoms with Crippen LogP contribution in [0.5, 0.6) is 0 Å². The molecule has 0 aliphatic carbocycles. The van der Waals surface area contributed by atoms with E-state index < -0.39 is 5.97 Å². The number of aryl methyl sites for hydroxylation is 3. The predicted molar refractivity (Wildman–Crippen MR) is 93.7 cm³/mol. The highest BCUT2D eigenvalue weighted by molar-refractivity contribution is 6.12. The van der Waals surface area contributed by atoms with Gasteiger partial charge in [-0.05, 0) is 44.2 Å². The van der Waals surface area contributed by atoms with E-state index in [1.54, 1.807) is 42.1 Å². The van der Waals surface area contributed by atoms with E-state index in [9.17, 15) is 9.59 Å². The van der Waals surface area contributed by atoms with E-state index in [4.69, 9.17) is 0 Å². The minimum absolute atomic E-state index is 0.252. The van der Waals surface area contributed by atoms with Crippen molar-refractivity contribution in [3.63, 3.8) is 0 Å². The average Bonchev–Trinajstić information content (AvgIpc) is 2.88. The summed E-state index contributed by atoms with van der Waals surface area (Å²) in [6.45, 7) is 3.69. The van der Waals surface area contributed by atoms with Crippen LogP contribution < -0.4 is 5.32 Å². The molecule has 1 amide bonds. The van der Waals surface area contributed by atoms with Crippen molar-refractivity contribution in [1.82, 2.24) is 14.8 Å². The molecule has 2 aromatic heterocycles. The molecule has 0 aliphatic rings. The van der Waals surface area contributed by atoms with Crippen molar-refractivity contribution in [1.29, 1.82) is 0 Å². The van der Waals surface area contributed by atoms with Gasteiger partial charge in [-0.3, -0.25) is 9.48 Å². The fourth-order valence-electron chi connectivity index (χ4n) is 2.75. The number of anilines is 1. The van der Waals surface area contributed by atoms with E-state index in [0.29, 0.717) is 22.5 Å². The first-order chi connectivity index (χ1) is 11.9. The highest BCUT2D eigenvalue weighted by Gasteiger charge is 2.18. The summed E-state index contributed by atoms with van der Waals surface area (Å²) in [6.07, 6.45) is 0. The fourth-order valence-corrected chi connectivity index (χ4v) is 2.75. The van der Waals surface area contributed by atoms with Crippen LogP contribution in [0.25, 0.3) is 11.0 Å². The Morgan fingerprint density at radius 3 is 2.48 bits per heavy atom. The van der Waals surface area contributed by atoms with Crippen LogP contribution in [0.2, 0.25) is 0 Å². The maximum absolute atomic E-state index is 12.7. The second-order valence-electron chi connectivity index (χ2n) is 5.74. The number of pyridine rings is 1. The van der Waals surface area contributed by atoms with Gasteiger partial charge in [-0.25, -0.2) is 9.78 Å². The van der Waals surface area contributed by atoms with Crippen molar-refractivity contribution in [3.8, 4) is 0 Å². The molecule has 0 saturated heterocycles. The lowest BCUT2D eigenvalue weighted by Crippen LogP contribution is -2.13. The summed E-state index contributed by atoms with van der Waals surface area (Å²) in [5.74, 6) is -0.673. The summed E-state index contributed by atoms with van der Waals surface area (Å²) >= 11 is 0. The van der Waals surface area contributed by atoms with Crippen molar-refractivity contribution < 1.29 is 14.3 Å². The zero-order chi connectivity index (χ0) is 18.1. The normalized spacial score (nSPS) is 10.7. The van der Waals surface area contributed by atoms with Gasteiger partial charge in [0.05, 0.1) is 29.3 Å². The Bertz CT molecular complexity index is 974. The number of ether oxygens (including phenoxy) is 1. The summed E-state index contributed by atoms with van der Waals surface area (Å²) < 4.78 is 6.33. The zero-order valence-electron chi connectivity index (χ0n) is 14.5. The molecule has 0 aliphatic heterocycles. The van der Waals surface area contributed by atoms with Crippen molar-refractivity contribution in [2.24, 2.45) is 7.05 Å². The van der Waals surface area contributed by atoms with E-state index in [2.05, 4.69) is 20.1 Å². The molecule has 0 fully saturated rings. The van der Waals surface area contributed by atoms with Crippen LogP contribution in [-0.4, -0.2) is 33.8 Å². The van der Waals surface area contributed by atoms with Crippen LogP contribution in [0.3, 0.4) is 0 Å². The summed E-state index contributed by atoms with van der Waals surface area (Å²) in [5, 5.41) is 7.92. The standard InChI is InChI=1S/C18H18N4O3/c1-10-9-14(15-11(2)21-22(3)16(15)19-10)17(23)20-13-7-5-12(6-8-13)18(24)25-4/h5-9H,1-4H3,(H,20,23). The average molecular weight is 338 g/mol. The third kappa shape index (κ3) is 3.08. The molecule has 1 N–H and O–H groups in total. The predicted octanol–water partition coefficient (Wildman–Crippen LogP) is 2.62. The molecule has 0 unspecified atom stereocenters. The first-order valence-corrected chi connectivity index (χ1v) is 7.71. The third-order valence-corrected chi connectivity index (χ3v) is 3.91. The number of benzene rings is 1. The van der Waals surface area contributed by atoms with Gasteiger partial charge in [-0.1, -0.05) is 0 Å². The Morgan fingerprint density at radius 1 is 1.16 bits per heavy atom. The maximum atomic E-state index is 12.7. The van der Waals surface area contributed by atoms with Crippen LogP contribution in [0.4, 0.5) is 5.69 Å². The van der Waals surface area contributed by atoms with Gasteiger partial charge in [0, 0.05) is 18.4 Å². The topological polar surface area (TPSA) is 86.1 Å². The number of methoxy groups -OCH3 is 1. The lowest BCUT2D eigenvalue weighted by Gasteiger charge is -2.08. The highest BCUT2D eigenvalue weighted by Crippen LogP contribution is 2.23. The summed E-state index contributed by atoms with van der Waals surface area (Å²) in [7, 11) is 3.13. The van der Waals surface area contributed by atoms with Gasteiger partial charge in [0.1, 0.15) is 0 Å². The number of rotatable bonds is 3. The number of amides is 1. The van der Waals surface area contributed by atoms with Crippen LogP contribution in [0.15, 0.2) is 30.3 Å². The summed E-state index contributed by atoms with van der Waals surface area (Å²) in [4.78, 5) is 28.7. The number of aromatic nitrogens is 3. The lowest BCUT2D eigenvalue weighted by atomic mass is 10.1. The fraction of sp³-hybridized carbons (Fsp3) is 0.222. The number of carbonyl (C=O) groups excluding carboxylic acids is 2. The molecule has 25 heavy (non-hydrogen) atoms. The number of hydrogen-bond acceptors (Lipinski definition) is 5. The van der Waals surface area contributed by atoms with Gasteiger partial charge in [-0.15, -0.1) is 0 Å². The van der Waals surface area contributed by atoms with Crippen molar-refractivity contribution in [2.45, 2.75) is 13.8 Å². The van der Waals surface area contributed by atoms with Crippen LogP contribution >= 0.6 is 0 Å². The molecule has 2 heterocycles. The molecule has 128 valence electrons. The Hall–Kier alpha value is -3.22. The number of esters is 1. The van der Waals surface area contributed by atoms with Crippen LogP contribution in [0, 0.1) is 13.8 Å². The summed E-state index contributed by atoms with van der Waals surface area (Å²) in [5.41, 5.74) is 3.68. The van der Waals surface area contributed by atoms with Gasteiger partial charge in [-0.2, -0.15) is 5.10 Å². The van der Waals surface area contributed by atoms with E-state index in [-0.39, 0.29) is 5.91 Å². The van der Waals surface area contributed by atoms with E-state index in [1.807, 2.05) is 13.8 Å². The van der Waals surface area contributed by atoms with Gasteiger partial charge in [0.25, 0.3) is 5.91 Å². The number of fused-ring (bicyclic) bond motifs is 1. The number of nitrogens with zero attached hydrogens (tertiary/aromatic N) is 3. The van der Waals surface area contributed by atoms with E-state index >= 15 is 0 Å². The van der Waals surface area contributed by atoms with Gasteiger partial charge >= 0.3 is 5.97 Å². The molecule has 0 bridgehead atoms. The molecule has 0 saturated carbocycles. The molecule has 7 heteroatoms. The Labute approximate surface area is 144 Å². The van der Waals surface area contributed by atoms with Gasteiger partial charge in [0.15, 0.2) is 5.65 Å². The molecule has 0 atom stereocenters. The van der Waals surface area contributed by atoms with Crippen LogP contribution in [-0.2, 0) is 11.8 Å². The van der Waals surface area contributed by atoms with Crippen molar-refractivity contribution in [3.05, 3.63) is 52.8 Å². The second kappa shape index (κ2) is 6.35. The first-order valence-electron chi connectivity index (χ1n) is 7.71. The molecule has 1 aromatic carbocycles. The van der Waals surface area contributed by atoms with E-state index in [0.717, 1.165) is 16.8 Å². The monoisotopic (exact) mass is 338 g/mol. The molecule has 3 rings (SSSR count). The minimum atomic E-state index is -0.421. The van der Waals surface area contributed by atoms with E-state index in [1.165, 1.54) is 7.11 Å². The van der Waals surface area contributed by atoms with Crippen LogP contribution in [0.1, 0.15) is 32.1 Å². The number of carbonyl (C=O) groups is 2. The smallest absolute Gasteiger partial charge is 0.337 e. The molecular weight excluding hydrogens is 320 g/mol. The zero-order valence-corrected chi connectivity index (χ0v) is 14.5. The summed E-state index contributed by atoms with van der Waals surface area (Å²) in [6, 6.07) is 8.26. The Kier molecular flexibility index (Phi) is 4.22. The second-order valence-corrected chi connectivity index (χ2v) is 5.74. The molecular formula is C18H18N4O3. The Balaban J connectivity index is 1.94. The molecule has 0 radical (unpaired) electrons. The number of hydrogen-bond donors (Lipinski definition) is 1. The van der Waals surface area contributed by atoms with Gasteiger partial charge < -0.3 is 10.1 Å². The lowest BCUT2D eigenvalue weighted by molar-refractivity contribution is 0.0600. The maximum Gasteiger partial charge on any atom is 0.337 e. The quantitative estimate of drug-likeness (QED) is 0.742.